The molecule has 0 aromatic heterocycles. The number of carbonyl (C=O) groups is 1. The van der Waals surface area contributed by atoms with Crippen LogP contribution in [0, 0.1) is 0 Å². The molecule has 34 heavy (non-hydrogen) atoms. The number of allylic oxidation sites excluding steroid dienone is 2. The van der Waals surface area contributed by atoms with Crippen LogP contribution in [0.1, 0.15) is 86.6 Å². The third-order valence-electron chi connectivity index (χ3n) is 6.29. The lowest BCUT2D eigenvalue weighted by molar-refractivity contribution is -0.118. The van der Waals surface area contributed by atoms with Crippen molar-refractivity contribution in [1.82, 2.24) is 9.62 Å². The van der Waals surface area contributed by atoms with Crippen LogP contribution in [0.5, 0.6) is 0 Å². The van der Waals surface area contributed by atoms with Crippen molar-refractivity contribution in [3.05, 3.63) is 70.3 Å². The zero-order valence-electron chi connectivity index (χ0n) is 21.3. The number of nitrogens with one attached hydrogen (secondary N) is 1. The van der Waals surface area contributed by atoms with E-state index in [-0.39, 0.29) is 23.2 Å². The first kappa shape index (κ1) is 26.2. The molecule has 0 unspecified atom stereocenters. The van der Waals surface area contributed by atoms with E-state index >= 15 is 0 Å². The molecule has 0 bridgehead atoms. The lowest BCUT2D eigenvalue weighted by Gasteiger charge is -2.22. The molecule has 5 nitrogen and oxygen atoms in total. The van der Waals surface area contributed by atoms with Gasteiger partial charge in [0.25, 0.3) is 10.0 Å². The van der Waals surface area contributed by atoms with Gasteiger partial charge in [0, 0.05) is 6.54 Å². The number of nitrogens with zero attached hydrogens (tertiary/aromatic N) is 1. The Morgan fingerprint density at radius 3 is 2.06 bits per heavy atom. The molecular formula is C28H38N2O3S. The first-order chi connectivity index (χ1) is 16.0. The molecule has 1 aliphatic carbocycles. The molecular weight excluding hydrogens is 444 g/mol. The van der Waals surface area contributed by atoms with Gasteiger partial charge < -0.3 is 4.90 Å². The van der Waals surface area contributed by atoms with E-state index in [9.17, 15) is 13.2 Å². The van der Waals surface area contributed by atoms with Gasteiger partial charge in [-0.1, -0.05) is 58.0 Å². The maximum atomic E-state index is 13.0. The summed E-state index contributed by atoms with van der Waals surface area (Å²) in [4.78, 5) is 15.1. The van der Waals surface area contributed by atoms with E-state index in [1.807, 2.05) is 19.0 Å². The van der Waals surface area contributed by atoms with Crippen molar-refractivity contribution in [3.8, 4) is 0 Å². The van der Waals surface area contributed by atoms with Crippen molar-refractivity contribution in [2.45, 2.75) is 76.7 Å². The minimum Gasteiger partial charge on any atom is -0.305 e. The Kier molecular flexibility index (Phi) is 8.37. The molecule has 0 aliphatic heterocycles. The molecule has 2 aromatic rings. The fourth-order valence-electron chi connectivity index (χ4n) is 4.62. The van der Waals surface area contributed by atoms with E-state index in [2.05, 4.69) is 50.6 Å². The third kappa shape index (κ3) is 6.36. The second-order valence-electron chi connectivity index (χ2n) is 10.2. The third-order valence-corrected chi connectivity index (χ3v) is 7.68. The van der Waals surface area contributed by atoms with Crippen LogP contribution in [-0.4, -0.2) is 33.3 Å². The van der Waals surface area contributed by atoms with Gasteiger partial charge in [-0.05, 0) is 90.7 Å². The van der Waals surface area contributed by atoms with Crippen molar-refractivity contribution < 1.29 is 13.2 Å². The van der Waals surface area contributed by atoms with Gasteiger partial charge in [0.05, 0.1) is 11.3 Å². The van der Waals surface area contributed by atoms with Crippen molar-refractivity contribution in [2.75, 3.05) is 14.1 Å². The molecule has 0 atom stereocenters. The normalized spacial score (nSPS) is 14.2. The number of benzene rings is 2. The quantitative estimate of drug-likeness (QED) is 0.504. The molecule has 0 heterocycles. The van der Waals surface area contributed by atoms with Crippen LogP contribution < -0.4 is 4.72 Å². The highest BCUT2D eigenvalue weighted by Gasteiger charge is 2.23. The van der Waals surface area contributed by atoms with Crippen LogP contribution in [-0.2, 0) is 27.8 Å². The van der Waals surface area contributed by atoms with Gasteiger partial charge >= 0.3 is 0 Å². The van der Waals surface area contributed by atoms with Crippen LogP contribution >= 0.6 is 0 Å². The van der Waals surface area contributed by atoms with Gasteiger partial charge in [0.1, 0.15) is 0 Å². The molecule has 6 heteroatoms. The maximum absolute atomic E-state index is 13.0. The second-order valence-corrected chi connectivity index (χ2v) is 11.8. The summed E-state index contributed by atoms with van der Waals surface area (Å²) in [5.41, 5.74) is 6.81. The highest BCUT2D eigenvalue weighted by Crippen LogP contribution is 2.35. The summed E-state index contributed by atoms with van der Waals surface area (Å²) in [6.45, 7) is 9.22. The highest BCUT2D eigenvalue weighted by molar-refractivity contribution is 7.90. The standard InChI is InChI=1S/C28H38N2O3S/c1-19(2)25-15-23(22-9-7-8-10-22)16-26(20(3)4)27(25)17-28(31)29-34(32,33)24-13-11-21(12-14-24)18-30(5)6/h9,11-16,19-20H,7-8,10,17-18H2,1-6H3,(H,29,31). The predicted octanol–water partition coefficient (Wildman–Crippen LogP) is 5.61. The fourth-order valence-corrected chi connectivity index (χ4v) is 5.60. The Balaban J connectivity index is 1.87. The molecule has 184 valence electrons. The Morgan fingerprint density at radius 1 is 1.00 bits per heavy atom. The fraction of sp³-hybridized carbons (Fsp3) is 0.464. The second kappa shape index (κ2) is 10.9. The van der Waals surface area contributed by atoms with E-state index < -0.39 is 15.9 Å². The van der Waals surface area contributed by atoms with Gasteiger partial charge in [-0.25, -0.2) is 13.1 Å². The smallest absolute Gasteiger partial charge is 0.264 e. The zero-order chi connectivity index (χ0) is 25.0. The molecule has 0 radical (unpaired) electrons. The maximum Gasteiger partial charge on any atom is 0.264 e. The predicted molar refractivity (Wildman–Crippen MR) is 139 cm³/mol. The Morgan fingerprint density at radius 2 is 1.59 bits per heavy atom. The molecule has 3 rings (SSSR count). The summed E-state index contributed by atoms with van der Waals surface area (Å²) in [6, 6.07) is 11.1. The number of rotatable bonds is 9. The largest absolute Gasteiger partial charge is 0.305 e. The summed E-state index contributed by atoms with van der Waals surface area (Å²) >= 11 is 0. The van der Waals surface area contributed by atoms with Crippen molar-refractivity contribution >= 4 is 21.5 Å². The highest BCUT2D eigenvalue weighted by atomic mass is 32.2. The number of hydrogen-bond donors (Lipinski definition) is 1. The summed E-state index contributed by atoms with van der Waals surface area (Å²) in [5, 5.41) is 0. The van der Waals surface area contributed by atoms with E-state index in [4.69, 9.17) is 0 Å². The molecule has 0 fully saturated rings. The first-order valence-electron chi connectivity index (χ1n) is 12.1. The lowest BCUT2D eigenvalue weighted by Crippen LogP contribution is -2.32. The van der Waals surface area contributed by atoms with Crippen LogP contribution in [0.25, 0.3) is 5.57 Å². The Hall–Kier alpha value is -2.44. The van der Waals surface area contributed by atoms with Gasteiger partial charge in [-0.15, -0.1) is 0 Å². The summed E-state index contributed by atoms with van der Waals surface area (Å²) in [7, 11) is -0.0200. The number of amides is 1. The van der Waals surface area contributed by atoms with E-state index in [0.717, 1.165) is 41.6 Å². The van der Waals surface area contributed by atoms with Crippen LogP contribution in [0.4, 0.5) is 0 Å². The number of carbonyl (C=O) groups excluding carboxylic acids is 1. The minimum absolute atomic E-state index is 0.0400. The van der Waals surface area contributed by atoms with E-state index in [1.54, 1.807) is 24.3 Å². The van der Waals surface area contributed by atoms with Crippen molar-refractivity contribution in [2.24, 2.45) is 0 Å². The number of sulfonamides is 1. The molecule has 1 N–H and O–H groups in total. The SMILES string of the molecule is CC(C)c1cc(C2=CCCC2)cc(C(C)C)c1CC(=O)NS(=O)(=O)c1ccc(CN(C)C)cc1. The van der Waals surface area contributed by atoms with Gasteiger partial charge in [-0.2, -0.15) is 0 Å². The van der Waals surface area contributed by atoms with Gasteiger partial charge in [0.2, 0.25) is 5.91 Å². The topological polar surface area (TPSA) is 66.5 Å². The molecule has 0 spiro atoms. The lowest BCUT2D eigenvalue weighted by atomic mass is 9.84. The van der Waals surface area contributed by atoms with Crippen molar-refractivity contribution in [1.29, 1.82) is 0 Å². The monoisotopic (exact) mass is 482 g/mol. The molecule has 2 aromatic carbocycles. The molecule has 0 saturated carbocycles. The Labute approximate surface area is 205 Å². The van der Waals surface area contributed by atoms with Crippen molar-refractivity contribution in [3.63, 3.8) is 0 Å². The summed E-state index contributed by atoms with van der Waals surface area (Å²) in [5.74, 6) is -0.0554. The summed E-state index contributed by atoms with van der Waals surface area (Å²) in [6.07, 6.45) is 5.73. The zero-order valence-corrected chi connectivity index (χ0v) is 22.1. The number of hydrogen-bond acceptors (Lipinski definition) is 4. The Bertz CT molecular complexity index is 1130. The van der Waals surface area contributed by atoms with Crippen LogP contribution in [0.2, 0.25) is 0 Å². The van der Waals surface area contributed by atoms with Gasteiger partial charge in [-0.3, -0.25) is 4.79 Å². The molecule has 1 amide bonds. The van der Waals surface area contributed by atoms with E-state index in [0.29, 0.717) is 0 Å². The first-order valence-corrected chi connectivity index (χ1v) is 13.6. The van der Waals surface area contributed by atoms with Gasteiger partial charge in [0.15, 0.2) is 0 Å². The van der Waals surface area contributed by atoms with Crippen LogP contribution in [0.15, 0.2) is 47.4 Å². The molecule has 0 saturated heterocycles. The summed E-state index contributed by atoms with van der Waals surface area (Å²) < 4.78 is 28.1. The van der Waals surface area contributed by atoms with Crippen LogP contribution in [0.3, 0.4) is 0 Å². The average molecular weight is 483 g/mol. The minimum atomic E-state index is -3.93. The molecule has 1 aliphatic rings. The average Bonchev–Trinajstić information content (AvgIpc) is 3.28. The van der Waals surface area contributed by atoms with E-state index in [1.165, 1.54) is 17.6 Å².